The Morgan fingerprint density at radius 3 is 2.54 bits per heavy atom. The van der Waals surface area contributed by atoms with Crippen LogP contribution in [0.2, 0.25) is 0 Å². The van der Waals surface area contributed by atoms with E-state index in [1.807, 2.05) is 26.0 Å². The first-order chi connectivity index (χ1) is 18.1. The third kappa shape index (κ3) is 3.37. The average molecular weight is 543 g/mol. The number of ether oxygens (including phenoxy) is 2. The number of hydrogen-bond donors (Lipinski definition) is 3. The molecule has 8 heteroatoms. The largest absolute Gasteiger partial charge is 0.459 e. The van der Waals surface area contributed by atoms with E-state index in [1.54, 1.807) is 19.9 Å². The molecule has 0 unspecified atom stereocenters. The summed E-state index contributed by atoms with van der Waals surface area (Å²) < 4.78 is 11.5. The van der Waals surface area contributed by atoms with E-state index < -0.39 is 57.7 Å². The van der Waals surface area contributed by atoms with Crippen LogP contribution in [0.3, 0.4) is 0 Å². The molecule has 0 aromatic carbocycles. The fraction of sp³-hybridized carbons (Fsp3) is 0.710. The van der Waals surface area contributed by atoms with Gasteiger partial charge in [-0.15, -0.1) is 0 Å². The van der Waals surface area contributed by atoms with E-state index >= 15 is 0 Å². The van der Waals surface area contributed by atoms with Crippen molar-refractivity contribution < 1.29 is 39.2 Å². The summed E-state index contributed by atoms with van der Waals surface area (Å²) in [6.07, 6.45) is 5.65. The number of fused-ring (bicyclic) bond motifs is 5. The summed E-state index contributed by atoms with van der Waals surface area (Å²) >= 11 is 0. The number of carbonyl (C=O) groups is 3. The summed E-state index contributed by atoms with van der Waals surface area (Å²) in [6.45, 7) is 10.0. The first-order valence-corrected chi connectivity index (χ1v) is 14.2. The van der Waals surface area contributed by atoms with Crippen LogP contribution in [-0.2, 0) is 23.9 Å². The SMILES string of the molecule is CC[C@]12CC[C@H]3[C@@H](CC=C4CC=CC(=O)[C@@]43C)[C@]1(O)[C@@H](OC(C)=O)C[C@@]2(O)[C@@](C)(O)[C@H]1CC(C)=C(C)C(=O)O1. The molecule has 8 nitrogen and oxygen atoms in total. The summed E-state index contributed by atoms with van der Waals surface area (Å²) in [5.74, 6) is -1.88. The van der Waals surface area contributed by atoms with Gasteiger partial charge in [-0.2, -0.15) is 0 Å². The number of hydrogen-bond acceptors (Lipinski definition) is 8. The Morgan fingerprint density at radius 2 is 1.92 bits per heavy atom. The molecule has 2 fully saturated rings. The number of carbonyl (C=O) groups excluding carboxylic acids is 3. The van der Waals surface area contributed by atoms with E-state index in [0.717, 1.165) is 11.1 Å². The lowest BCUT2D eigenvalue weighted by Crippen LogP contribution is -2.73. The molecule has 1 aliphatic heterocycles. The highest BCUT2D eigenvalue weighted by Gasteiger charge is 2.81. The van der Waals surface area contributed by atoms with Crippen LogP contribution in [0.15, 0.2) is 34.9 Å². The average Bonchev–Trinajstić information content (AvgIpc) is 3.07. The highest BCUT2D eigenvalue weighted by molar-refractivity contribution is 5.98. The van der Waals surface area contributed by atoms with E-state index in [-0.39, 0.29) is 31.0 Å². The third-order valence-corrected chi connectivity index (χ3v) is 11.7. The van der Waals surface area contributed by atoms with Gasteiger partial charge in [-0.05, 0) is 77.7 Å². The number of allylic oxidation sites excluding steroid dienone is 4. The Morgan fingerprint density at radius 1 is 1.23 bits per heavy atom. The summed E-state index contributed by atoms with van der Waals surface area (Å²) in [7, 11) is 0. The number of cyclic esters (lactones) is 1. The van der Waals surface area contributed by atoms with Gasteiger partial charge in [0.05, 0.1) is 5.41 Å². The lowest BCUT2D eigenvalue weighted by atomic mass is 9.43. The molecule has 1 heterocycles. The van der Waals surface area contributed by atoms with Crippen LogP contribution in [0, 0.1) is 22.7 Å². The molecule has 0 amide bonds. The number of ketones is 1. The molecule has 2 saturated carbocycles. The van der Waals surface area contributed by atoms with Gasteiger partial charge in [0.15, 0.2) is 5.78 Å². The van der Waals surface area contributed by atoms with Crippen molar-refractivity contribution in [2.75, 3.05) is 0 Å². The fourth-order valence-corrected chi connectivity index (χ4v) is 9.25. The van der Waals surface area contributed by atoms with Crippen molar-refractivity contribution in [3.05, 3.63) is 34.9 Å². The highest BCUT2D eigenvalue weighted by Crippen LogP contribution is 2.72. The van der Waals surface area contributed by atoms with Crippen molar-refractivity contribution in [1.29, 1.82) is 0 Å². The minimum absolute atomic E-state index is 0.00154. The Bertz CT molecular complexity index is 1210. The molecule has 0 bridgehead atoms. The van der Waals surface area contributed by atoms with Crippen molar-refractivity contribution in [1.82, 2.24) is 0 Å². The molecule has 5 rings (SSSR count). The Labute approximate surface area is 230 Å². The van der Waals surface area contributed by atoms with Gasteiger partial charge < -0.3 is 24.8 Å². The third-order valence-electron chi connectivity index (χ3n) is 11.7. The molecule has 0 aromatic heterocycles. The number of rotatable bonds is 4. The lowest BCUT2D eigenvalue weighted by molar-refractivity contribution is -0.290. The van der Waals surface area contributed by atoms with Crippen LogP contribution < -0.4 is 0 Å². The van der Waals surface area contributed by atoms with Gasteiger partial charge in [0.2, 0.25) is 0 Å². The zero-order chi connectivity index (χ0) is 28.8. The Kier molecular flexibility index (Phi) is 6.41. The molecular formula is C31H42O8. The minimum Gasteiger partial charge on any atom is -0.459 e. The van der Waals surface area contributed by atoms with E-state index in [2.05, 4.69) is 0 Å². The number of aliphatic hydroxyl groups is 3. The molecule has 0 aromatic rings. The van der Waals surface area contributed by atoms with Crippen LogP contribution in [0.1, 0.15) is 86.5 Å². The summed E-state index contributed by atoms with van der Waals surface area (Å²) in [5, 5.41) is 37.9. The maximum Gasteiger partial charge on any atom is 0.334 e. The second-order valence-corrected chi connectivity index (χ2v) is 13.0. The van der Waals surface area contributed by atoms with Crippen molar-refractivity contribution in [3.8, 4) is 0 Å². The minimum atomic E-state index is -1.97. The van der Waals surface area contributed by atoms with E-state index in [1.165, 1.54) is 13.8 Å². The van der Waals surface area contributed by atoms with Gasteiger partial charge in [-0.1, -0.05) is 30.2 Å². The molecule has 5 aliphatic rings. The smallest absolute Gasteiger partial charge is 0.334 e. The van der Waals surface area contributed by atoms with Gasteiger partial charge in [-0.3, -0.25) is 9.59 Å². The van der Waals surface area contributed by atoms with Gasteiger partial charge in [-0.25, -0.2) is 4.79 Å². The van der Waals surface area contributed by atoms with Crippen molar-refractivity contribution >= 4 is 17.7 Å². The quantitative estimate of drug-likeness (QED) is 0.364. The Balaban J connectivity index is 1.66. The first-order valence-electron chi connectivity index (χ1n) is 14.2. The topological polar surface area (TPSA) is 130 Å². The molecule has 39 heavy (non-hydrogen) atoms. The van der Waals surface area contributed by atoms with Crippen LogP contribution in [-0.4, -0.2) is 62.1 Å². The van der Waals surface area contributed by atoms with Crippen molar-refractivity contribution in [2.45, 2.75) is 115 Å². The maximum atomic E-state index is 13.4. The predicted molar refractivity (Wildman–Crippen MR) is 142 cm³/mol. The standard InChI is InChI=1S/C31H42O8/c1-7-29-14-13-21-22(12-11-20-9-8-10-23(33)27(20,21)5)31(29,37)25(38-19(4)32)16-30(29,36)28(6,35)24-15-17(2)18(3)26(34)39-24/h8,10-11,21-22,24-25,35-37H,7,9,12-16H2,1-6H3/t21-,22+,24+,25-,27-,28-,29+,30+,31-/m0/s1. The maximum absolute atomic E-state index is 13.4. The van der Waals surface area contributed by atoms with Crippen LogP contribution in [0.5, 0.6) is 0 Å². The van der Waals surface area contributed by atoms with Gasteiger partial charge in [0.25, 0.3) is 0 Å². The summed E-state index contributed by atoms with van der Waals surface area (Å²) in [4.78, 5) is 38.4. The van der Waals surface area contributed by atoms with Crippen LogP contribution >= 0.6 is 0 Å². The predicted octanol–water partition coefficient (Wildman–Crippen LogP) is 3.47. The van der Waals surface area contributed by atoms with Gasteiger partial charge in [0.1, 0.15) is 29.0 Å². The van der Waals surface area contributed by atoms with E-state index in [0.29, 0.717) is 31.3 Å². The molecular weight excluding hydrogens is 500 g/mol. The molecule has 214 valence electrons. The second kappa shape index (κ2) is 8.85. The van der Waals surface area contributed by atoms with Crippen molar-refractivity contribution in [3.63, 3.8) is 0 Å². The van der Waals surface area contributed by atoms with Gasteiger partial charge in [0, 0.05) is 30.8 Å². The zero-order valence-electron chi connectivity index (χ0n) is 23.9. The molecule has 9 atom stereocenters. The highest BCUT2D eigenvalue weighted by atomic mass is 16.6. The fourth-order valence-electron chi connectivity index (χ4n) is 9.25. The second-order valence-electron chi connectivity index (χ2n) is 13.0. The molecule has 0 radical (unpaired) electrons. The normalized spacial score (nSPS) is 45.0. The van der Waals surface area contributed by atoms with Gasteiger partial charge >= 0.3 is 11.9 Å². The van der Waals surface area contributed by atoms with Crippen molar-refractivity contribution in [2.24, 2.45) is 22.7 Å². The first kappa shape index (κ1) is 28.2. The Hall–Kier alpha value is -2.29. The lowest BCUT2D eigenvalue weighted by Gasteiger charge is -2.64. The molecule has 0 saturated heterocycles. The van der Waals surface area contributed by atoms with Crippen LogP contribution in [0.25, 0.3) is 0 Å². The van der Waals surface area contributed by atoms with Crippen LogP contribution in [0.4, 0.5) is 0 Å². The summed E-state index contributed by atoms with van der Waals surface area (Å²) in [5.41, 5.74) is -5.48. The van der Waals surface area contributed by atoms with E-state index in [4.69, 9.17) is 9.47 Å². The van der Waals surface area contributed by atoms with E-state index in [9.17, 15) is 29.7 Å². The molecule has 3 N–H and O–H groups in total. The zero-order valence-corrected chi connectivity index (χ0v) is 23.9. The summed E-state index contributed by atoms with van der Waals surface area (Å²) in [6, 6.07) is 0. The molecule has 4 aliphatic carbocycles. The monoisotopic (exact) mass is 542 g/mol. The number of esters is 2. The molecule has 0 spiro atoms.